The quantitative estimate of drug-likeness (QED) is 0.320. The fourth-order valence-electron chi connectivity index (χ4n) is 2.65. The molecule has 24 heavy (non-hydrogen) atoms. The Morgan fingerprint density at radius 2 is 1.75 bits per heavy atom. The van der Waals surface area contributed by atoms with Crippen molar-refractivity contribution < 1.29 is 44.5 Å². The highest BCUT2D eigenvalue weighted by atomic mass is 16.7. The summed E-state index contributed by atoms with van der Waals surface area (Å²) in [4.78, 5) is 0. The highest BCUT2D eigenvalue weighted by Gasteiger charge is 2.47. The molecule has 0 aliphatic carbocycles. The van der Waals surface area contributed by atoms with Crippen LogP contribution in [0, 0.1) is 0 Å². The lowest BCUT2D eigenvalue weighted by Gasteiger charge is -2.44. The number of rotatable bonds is 7. The lowest BCUT2D eigenvalue weighted by molar-refractivity contribution is -0.328. The van der Waals surface area contributed by atoms with E-state index in [1.807, 2.05) is 0 Å². The summed E-state index contributed by atoms with van der Waals surface area (Å²) in [6, 6.07) is 0. The van der Waals surface area contributed by atoms with Gasteiger partial charge in [0.15, 0.2) is 6.29 Å². The average Bonchev–Trinajstić information content (AvgIpc) is 2.58. The van der Waals surface area contributed by atoms with Crippen LogP contribution in [-0.4, -0.2) is 94.4 Å². The number of ether oxygens (including phenoxy) is 4. The largest absolute Gasteiger partial charge is 0.493 e. The number of hydrogen-bond acceptors (Lipinski definition) is 9. The Morgan fingerprint density at radius 3 is 2.38 bits per heavy atom. The molecule has 0 unspecified atom stereocenters. The Balaban J connectivity index is 2.12. The van der Waals surface area contributed by atoms with E-state index in [0.717, 1.165) is 0 Å². The van der Waals surface area contributed by atoms with Gasteiger partial charge in [-0.3, -0.25) is 0 Å². The van der Waals surface area contributed by atoms with Crippen LogP contribution in [0.4, 0.5) is 0 Å². The van der Waals surface area contributed by atoms with Crippen LogP contribution < -0.4 is 0 Å². The van der Waals surface area contributed by atoms with E-state index in [-0.39, 0.29) is 6.61 Å². The monoisotopic (exact) mass is 348 g/mol. The van der Waals surface area contributed by atoms with Gasteiger partial charge in [0, 0.05) is 0 Å². The summed E-state index contributed by atoms with van der Waals surface area (Å²) in [5.74, 6) is 0. The first kappa shape index (κ1) is 19.3. The lowest BCUT2D eigenvalue weighted by Crippen LogP contribution is -2.62. The Labute approximate surface area is 139 Å². The van der Waals surface area contributed by atoms with Crippen molar-refractivity contribution in [2.45, 2.75) is 49.0 Å². The maximum Gasteiger partial charge on any atom is 0.187 e. The van der Waals surface area contributed by atoms with Crippen molar-refractivity contribution in [3.63, 3.8) is 0 Å². The minimum absolute atomic E-state index is 0.0703. The van der Waals surface area contributed by atoms with Gasteiger partial charge in [-0.2, -0.15) is 0 Å². The van der Waals surface area contributed by atoms with E-state index >= 15 is 0 Å². The van der Waals surface area contributed by atoms with Crippen LogP contribution in [0.15, 0.2) is 25.0 Å². The molecular weight excluding hydrogens is 324 g/mol. The summed E-state index contributed by atoms with van der Waals surface area (Å²) in [6.07, 6.45) is -5.00. The zero-order valence-corrected chi connectivity index (χ0v) is 13.0. The molecule has 138 valence electrons. The molecule has 0 aromatic rings. The summed E-state index contributed by atoms with van der Waals surface area (Å²) >= 11 is 0. The molecular formula is C15H24O9. The van der Waals surface area contributed by atoms with E-state index in [1.165, 1.54) is 18.4 Å². The highest BCUT2D eigenvalue weighted by molar-refractivity contribution is 4.99. The summed E-state index contributed by atoms with van der Waals surface area (Å²) in [6.45, 7) is 2.62. The SMILES string of the molecule is C=CCO[C@H]1[C@@H](O)[C@@H](CO)O[C@@H](O[C@H]2[C@H](O)C=CO[C@@H]2CO)[C@@H]1O. The first-order valence-corrected chi connectivity index (χ1v) is 7.65. The van der Waals surface area contributed by atoms with E-state index in [4.69, 9.17) is 18.9 Å². The average molecular weight is 348 g/mol. The standard InChI is InChI=1S/C15H24O9/c1-2-4-22-14-11(19)9(6-16)23-15(12(14)20)24-13-8(18)3-5-21-10(13)7-17/h2-3,5,8-20H,1,4,6-7H2/t8-,9-,10-,11+,12-,13+,14+,15+/m1/s1. The van der Waals surface area contributed by atoms with E-state index in [9.17, 15) is 25.5 Å². The Bertz CT molecular complexity index is 429. The fraction of sp³-hybridized carbons (Fsp3) is 0.733. The van der Waals surface area contributed by atoms with Gasteiger partial charge >= 0.3 is 0 Å². The Kier molecular flexibility index (Phi) is 7.14. The molecule has 2 aliphatic heterocycles. The van der Waals surface area contributed by atoms with Crippen LogP contribution in [0.1, 0.15) is 0 Å². The van der Waals surface area contributed by atoms with E-state index < -0.39 is 62.2 Å². The van der Waals surface area contributed by atoms with E-state index in [1.54, 1.807) is 0 Å². The van der Waals surface area contributed by atoms with Gasteiger partial charge in [-0.05, 0) is 6.08 Å². The molecule has 2 heterocycles. The molecule has 2 rings (SSSR count). The molecule has 0 aromatic carbocycles. The van der Waals surface area contributed by atoms with Gasteiger partial charge < -0.3 is 44.5 Å². The van der Waals surface area contributed by atoms with Crippen molar-refractivity contribution in [1.29, 1.82) is 0 Å². The van der Waals surface area contributed by atoms with E-state index in [0.29, 0.717) is 0 Å². The molecule has 0 saturated carbocycles. The van der Waals surface area contributed by atoms with Gasteiger partial charge in [0.1, 0.15) is 42.7 Å². The molecule has 9 nitrogen and oxygen atoms in total. The molecule has 8 atom stereocenters. The van der Waals surface area contributed by atoms with E-state index in [2.05, 4.69) is 6.58 Å². The fourth-order valence-corrected chi connectivity index (χ4v) is 2.65. The predicted octanol–water partition coefficient (Wildman–Crippen LogP) is -2.35. The van der Waals surface area contributed by atoms with Gasteiger partial charge in [0.25, 0.3) is 0 Å². The normalized spacial score (nSPS) is 42.5. The molecule has 1 saturated heterocycles. The van der Waals surface area contributed by atoms with Crippen molar-refractivity contribution >= 4 is 0 Å². The first-order chi connectivity index (χ1) is 11.5. The molecule has 5 N–H and O–H groups in total. The van der Waals surface area contributed by atoms with Gasteiger partial charge in [-0.15, -0.1) is 6.58 Å². The molecule has 9 heteroatoms. The zero-order valence-electron chi connectivity index (χ0n) is 13.0. The van der Waals surface area contributed by atoms with Crippen LogP contribution >= 0.6 is 0 Å². The third kappa shape index (κ3) is 4.13. The van der Waals surface area contributed by atoms with Gasteiger partial charge in [0.2, 0.25) is 0 Å². The number of aliphatic hydroxyl groups excluding tert-OH is 5. The van der Waals surface area contributed by atoms with Crippen molar-refractivity contribution in [2.24, 2.45) is 0 Å². The number of aliphatic hydroxyl groups is 5. The summed E-state index contributed by atoms with van der Waals surface area (Å²) in [5.41, 5.74) is 0. The third-order valence-electron chi connectivity index (χ3n) is 3.93. The summed E-state index contributed by atoms with van der Waals surface area (Å²) < 4.78 is 21.4. The van der Waals surface area contributed by atoms with Crippen LogP contribution in [0.3, 0.4) is 0 Å². The second-order valence-corrected chi connectivity index (χ2v) is 5.57. The van der Waals surface area contributed by atoms with Crippen LogP contribution in [0.25, 0.3) is 0 Å². The molecule has 2 aliphatic rings. The maximum absolute atomic E-state index is 10.4. The summed E-state index contributed by atoms with van der Waals surface area (Å²) in [5, 5.41) is 49.1. The molecule has 0 bridgehead atoms. The second kappa shape index (κ2) is 8.88. The molecule has 0 amide bonds. The maximum atomic E-state index is 10.4. The van der Waals surface area contributed by atoms with Crippen LogP contribution in [0.2, 0.25) is 0 Å². The molecule has 0 aromatic heterocycles. The van der Waals surface area contributed by atoms with Crippen molar-refractivity contribution in [3.8, 4) is 0 Å². The van der Waals surface area contributed by atoms with Gasteiger partial charge in [-0.1, -0.05) is 6.08 Å². The van der Waals surface area contributed by atoms with Gasteiger partial charge in [-0.25, -0.2) is 0 Å². The minimum Gasteiger partial charge on any atom is -0.493 e. The zero-order chi connectivity index (χ0) is 17.7. The van der Waals surface area contributed by atoms with Crippen molar-refractivity contribution in [3.05, 3.63) is 25.0 Å². The second-order valence-electron chi connectivity index (χ2n) is 5.57. The summed E-state index contributed by atoms with van der Waals surface area (Å²) in [7, 11) is 0. The topological polar surface area (TPSA) is 138 Å². The van der Waals surface area contributed by atoms with Crippen LogP contribution in [0.5, 0.6) is 0 Å². The van der Waals surface area contributed by atoms with Crippen molar-refractivity contribution in [1.82, 2.24) is 0 Å². The Hall–Kier alpha value is -1.04. The highest BCUT2D eigenvalue weighted by Crippen LogP contribution is 2.27. The molecule has 0 radical (unpaired) electrons. The Morgan fingerprint density at radius 1 is 1.04 bits per heavy atom. The molecule has 0 spiro atoms. The van der Waals surface area contributed by atoms with Crippen molar-refractivity contribution in [2.75, 3.05) is 19.8 Å². The van der Waals surface area contributed by atoms with Gasteiger partial charge in [0.05, 0.1) is 26.1 Å². The third-order valence-corrected chi connectivity index (χ3v) is 3.93. The first-order valence-electron chi connectivity index (χ1n) is 7.65. The van der Waals surface area contributed by atoms with Crippen LogP contribution in [-0.2, 0) is 18.9 Å². The predicted molar refractivity (Wildman–Crippen MR) is 79.7 cm³/mol. The molecule has 1 fully saturated rings. The minimum atomic E-state index is -1.39. The number of hydrogen-bond donors (Lipinski definition) is 5. The lowest BCUT2D eigenvalue weighted by atomic mass is 9.98. The smallest absolute Gasteiger partial charge is 0.187 e.